The van der Waals surface area contributed by atoms with Crippen molar-refractivity contribution in [2.45, 2.75) is 17.6 Å². The fourth-order valence-corrected chi connectivity index (χ4v) is 4.03. The van der Waals surface area contributed by atoms with Gasteiger partial charge in [0.05, 0.1) is 22.7 Å². The second kappa shape index (κ2) is 10.0. The molecule has 3 aromatic carbocycles. The maximum absolute atomic E-state index is 13.9. The second-order valence-corrected chi connectivity index (χ2v) is 7.97. The van der Waals surface area contributed by atoms with Crippen LogP contribution in [0.1, 0.15) is 23.1 Å². The molecule has 1 aromatic heterocycles. The first-order chi connectivity index (χ1) is 16.0. The molecule has 0 spiro atoms. The molecule has 0 saturated heterocycles. The van der Waals surface area contributed by atoms with Crippen molar-refractivity contribution in [2.24, 2.45) is 0 Å². The highest BCUT2D eigenvalue weighted by Crippen LogP contribution is 2.27. The molecule has 4 rings (SSSR count). The molecule has 8 nitrogen and oxygen atoms in total. The molecule has 0 radical (unpaired) electrons. The predicted molar refractivity (Wildman–Crippen MR) is 124 cm³/mol. The molecule has 1 heterocycles. The Morgan fingerprint density at radius 2 is 1.76 bits per heavy atom. The molecule has 2 N–H and O–H groups in total. The van der Waals surface area contributed by atoms with E-state index < -0.39 is 11.7 Å². The van der Waals surface area contributed by atoms with Crippen molar-refractivity contribution in [2.75, 3.05) is 10.6 Å². The summed E-state index contributed by atoms with van der Waals surface area (Å²) in [5.41, 5.74) is 1.65. The number of carbonyl (C=O) groups is 2. The molecule has 0 saturated carbocycles. The van der Waals surface area contributed by atoms with Gasteiger partial charge >= 0.3 is 0 Å². The van der Waals surface area contributed by atoms with Gasteiger partial charge in [0.15, 0.2) is 5.82 Å². The summed E-state index contributed by atoms with van der Waals surface area (Å²) in [5.74, 6) is -0.275. The average molecular weight is 463 g/mol. The molecule has 10 heteroatoms. The van der Waals surface area contributed by atoms with E-state index in [1.807, 2.05) is 42.5 Å². The van der Waals surface area contributed by atoms with Gasteiger partial charge in [0.2, 0.25) is 5.91 Å². The Kier molecular flexibility index (Phi) is 6.75. The van der Waals surface area contributed by atoms with Crippen molar-refractivity contribution >= 4 is 35.0 Å². The van der Waals surface area contributed by atoms with Gasteiger partial charge in [-0.05, 0) is 52.9 Å². The summed E-state index contributed by atoms with van der Waals surface area (Å²) < 4.78 is 15.5. The normalized spacial score (nSPS) is 10.6. The van der Waals surface area contributed by atoms with E-state index in [2.05, 4.69) is 26.2 Å². The molecule has 0 fully saturated rings. The van der Waals surface area contributed by atoms with Crippen LogP contribution in [0.5, 0.6) is 0 Å². The number of tetrazole rings is 1. The number of amides is 2. The Balaban J connectivity index is 1.50. The Morgan fingerprint density at radius 1 is 1.00 bits per heavy atom. The Morgan fingerprint density at radius 3 is 2.55 bits per heavy atom. The number of anilines is 2. The summed E-state index contributed by atoms with van der Waals surface area (Å²) in [6.45, 7) is 1.28. The van der Waals surface area contributed by atoms with Crippen LogP contribution in [0.4, 0.5) is 15.8 Å². The van der Waals surface area contributed by atoms with Crippen molar-refractivity contribution in [3.8, 4) is 5.69 Å². The zero-order valence-electron chi connectivity index (χ0n) is 17.5. The largest absolute Gasteiger partial charge is 0.324 e. The molecule has 0 unspecified atom stereocenters. The van der Waals surface area contributed by atoms with E-state index in [1.165, 1.54) is 36.9 Å². The number of thioether (sulfide) groups is 1. The molecule has 0 aliphatic carbocycles. The van der Waals surface area contributed by atoms with Gasteiger partial charge in [-0.15, -0.1) is 16.9 Å². The van der Waals surface area contributed by atoms with Gasteiger partial charge in [0.1, 0.15) is 5.82 Å². The minimum absolute atomic E-state index is 0.00397. The van der Waals surface area contributed by atoms with Crippen LogP contribution in [0.15, 0.2) is 77.7 Å². The summed E-state index contributed by atoms with van der Waals surface area (Å²) in [5, 5.41) is 17.1. The summed E-state index contributed by atoms with van der Waals surface area (Å²) in [4.78, 5) is 25.0. The first kappa shape index (κ1) is 22.2. The molecule has 2 amide bonds. The minimum Gasteiger partial charge on any atom is -0.324 e. The van der Waals surface area contributed by atoms with Gasteiger partial charge in [-0.1, -0.05) is 30.3 Å². The van der Waals surface area contributed by atoms with Crippen molar-refractivity contribution in [1.82, 2.24) is 20.2 Å². The van der Waals surface area contributed by atoms with E-state index in [1.54, 1.807) is 16.8 Å². The lowest BCUT2D eigenvalue weighted by Gasteiger charge is -2.11. The standard InChI is InChI=1S/C23H19FN6O2S/c1-15(31)25-20-13-16(11-12-19(20)24)26-23(32)18-9-5-6-10-21(18)33-14-22-27-28-29-30(22)17-7-3-2-4-8-17/h2-13H,14H2,1H3,(H,25,31)(H,26,32). The van der Waals surface area contributed by atoms with E-state index >= 15 is 0 Å². The quantitative estimate of drug-likeness (QED) is 0.397. The van der Waals surface area contributed by atoms with Crippen LogP contribution in [-0.4, -0.2) is 32.0 Å². The molecule has 0 bridgehead atoms. The number of aromatic nitrogens is 4. The number of halogens is 1. The third kappa shape index (κ3) is 5.42. The van der Waals surface area contributed by atoms with Crippen molar-refractivity contribution in [3.05, 3.63) is 90.0 Å². The summed E-state index contributed by atoms with van der Waals surface area (Å²) in [7, 11) is 0. The van der Waals surface area contributed by atoms with Crippen LogP contribution < -0.4 is 10.6 Å². The van der Waals surface area contributed by atoms with Gasteiger partial charge in [0.25, 0.3) is 5.91 Å². The predicted octanol–water partition coefficient (Wildman–Crippen LogP) is 4.30. The summed E-state index contributed by atoms with van der Waals surface area (Å²) in [6.07, 6.45) is 0. The highest BCUT2D eigenvalue weighted by atomic mass is 32.2. The third-order valence-electron chi connectivity index (χ3n) is 4.56. The third-order valence-corrected chi connectivity index (χ3v) is 5.63. The maximum atomic E-state index is 13.9. The Bertz CT molecular complexity index is 1300. The fraction of sp³-hybridized carbons (Fsp3) is 0.0870. The number of nitrogens with zero attached hydrogens (tertiary/aromatic N) is 4. The number of hydrogen-bond acceptors (Lipinski definition) is 6. The maximum Gasteiger partial charge on any atom is 0.256 e. The zero-order valence-corrected chi connectivity index (χ0v) is 18.3. The highest BCUT2D eigenvalue weighted by Gasteiger charge is 2.15. The SMILES string of the molecule is CC(=O)Nc1cc(NC(=O)c2ccccc2SCc2nnnn2-c2ccccc2)ccc1F. The Labute approximate surface area is 193 Å². The van der Waals surface area contributed by atoms with E-state index in [-0.39, 0.29) is 11.6 Å². The molecule has 0 aliphatic heterocycles. The first-order valence-corrected chi connectivity index (χ1v) is 10.9. The lowest BCUT2D eigenvalue weighted by Crippen LogP contribution is -2.14. The minimum atomic E-state index is -0.588. The lowest BCUT2D eigenvalue weighted by atomic mass is 10.2. The van der Waals surface area contributed by atoms with Crippen LogP contribution in [0.3, 0.4) is 0 Å². The number of rotatable bonds is 7. The molecular weight excluding hydrogens is 443 g/mol. The monoisotopic (exact) mass is 462 g/mol. The van der Waals surface area contributed by atoms with Crippen LogP contribution in [-0.2, 0) is 10.5 Å². The number of benzene rings is 3. The van der Waals surface area contributed by atoms with E-state index in [0.29, 0.717) is 22.8 Å². The van der Waals surface area contributed by atoms with Crippen LogP contribution in [0.25, 0.3) is 5.69 Å². The average Bonchev–Trinajstić information content (AvgIpc) is 3.29. The van der Waals surface area contributed by atoms with Crippen molar-refractivity contribution in [1.29, 1.82) is 0 Å². The topological polar surface area (TPSA) is 102 Å². The fourth-order valence-electron chi connectivity index (χ4n) is 3.07. The van der Waals surface area contributed by atoms with E-state index in [9.17, 15) is 14.0 Å². The number of carbonyl (C=O) groups excluding carboxylic acids is 2. The van der Waals surface area contributed by atoms with E-state index in [4.69, 9.17) is 0 Å². The first-order valence-electron chi connectivity index (χ1n) is 9.94. The molecule has 166 valence electrons. The van der Waals surface area contributed by atoms with Crippen LogP contribution in [0.2, 0.25) is 0 Å². The van der Waals surface area contributed by atoms with E-state index in [0.717, 1.165) is 10.6 Å². The van der Waals surface area contributed by atoms with Gasteiger partial charge in [0, 0.05) is 17.5 Å². The molecule has 33 heavy (non-hydrogen) atoms. The molecular formula is C23H19FN6O2S. The smallest absolute Gasteiger partial charge is 0.256 e. The van der Waals surface area contributed by atoms with Gasteiger partial charge < -0.3 is 10.6 Å². The molecule has 4 aromatic rings. The number of hydrogen-bond donors (Lipinski definition) is 2. The van der Waals surface area contributed by atoms with Crippen LogP contribution in [0, 0.1) is 5.82 Å². The van der Waals surface area contributed by atoms with Crippen molar-refractivity contribution in [3.63, 3.8) is 0 Å². The summed E-state index contributed by atoms with van der Waals surface area (Å²) >= 11 is 1.43. The molecule has 0 aliphatic rings. The van der Waals surface area contributed by atoms with Crippen LogP contribution >= 0.6 is 11.8 Å². The zero-order chi connectivity index (χ0) is 23.2. The van der Waals surface area contributed by atoms with Gasteiger partial charge in [-0.25, -0.2) is 4.39 Å². The van der Waals surface area contributed by atoms with Gasteiger partial charge in [-0.3, -0.25) is 9.59 Å². The molecule has 0 atom stereocenters. The van der Waals surface area contributed by atoms with Gasteiger partial charge in [-0.2, -0.15) is 4.68 Å². The summed E-state index contributed by atoms with van der Waals surface area (Å²) in [6, 6.07) is 20.7. The Hall–Kier alpha value is -4.05. The number of nitrogens with one attached hydrogen (secondary N) is 2. The lowest BCUT2D eigenvalue weighted by molar-refractivity contribution is -0.114. The van der Waals surface area contributed by atoms with Crippen molar-refractivity contribution < 1.29 is 14.0 Å². The highest BCUT2D eigenvalue weighted by molar-refractivity contribution is 7.98. The number of para-hydroxylation sites is 1. The second-order valence-electron chi connectivity index (χ2n) is 6.96.